The summed E-state index contributed by atoms with van der Waals surface area (Å²) in [5, 5.41) is 0. The number of benzene rings is 1. The van der Waals surface area contributed by atoms with Crippen LogP contribution in [0.5, 0.6) is 0 Å². The fourth-order valence-electron chi connectivity index (χ4n) is 2.87. The Morgan fingerprint density at radius 2 is 1.85 bits per heavy atom. The first-order chi connectivity index (χ1) is 12.9. The van der Waals surface area contributed by atoms with Crippen LogP contribution in [0.25, 0.3) is 6.08 Å². The topological polar surface area (TPSA) is 66.9 Å². The predicted molar refractivity (Wildman–Crippen MR) is 99.0 cm³/mol. The molecular weight excluding hydrogens is 351 g/mol. The van der Waals surface area contributed by atoms with Crippen LogP contribution in [0.2, 0.25) is 0 Å². The Kier molecular flexibility index (Phi) is 7.52. The molecule has 1 heterocycles. The number of esters is 1. The van der Waals surface area contributed by atoms with Crippen LogP contribution in [0.1, 0.15) is 25.3 Å². The monoisotopic (exact) mass is 376 g/mol. The first kappa shape index (κ1) is 20.6. The third kappa shape index (κ3) is 6.20. The highest BCUT2D eigenvalue weighted by Crippen LogP contribution is 2.19. The highest BCUT2D eigenvalue weighted by atomic mass is 19.1. The summed E-state index contributed by atoms with van der Waals surface area (Å²) < 4.78 is 17.9. The molecule has 0 saturated carbocycles. The lowest BCUT2D eigenvalue weighted by molar-refractivity contribution is -0.151. The highest BCUT2D eigenvalue weighted by Gasteiger charge is 2.28. The summed E-state index contributed by atoms with van der Waals surface area (Å²) in [5.74, 6) is -1.17. The van der Waals surface area contributed by atoms with Gasteiger partial charge in [-0.25, -0.2) is 4.39 Å². The molecule has 0 N–H and O–H groups in total. The van der Waals surface area contributed by atoms with Crippen LogP contribution in [0.3, 0.4) is 0 Å². The molecule has 7 heteroatoms. The Balaban J connectivity index is 1.80. The van der Waals surface area contributed by atoms with Crippen LogP contribution in [-0.2, 0) is 19.1 Å². The van der Waals surface area contributed by atoms with Crippen molar-refractivity contribution < 1.29 is 23.5 Å². The number of likely N-dealkylation sites (tertiary alicyclic amines) is 1. The fourth-order valence-corrected chi connectivity index (χ4v) is 2.87. The number of ether oxygens (including phenoxy) is 1. The summed E-state index contributed by atoms with van der Waals surface area (Å²) >= 11 is 0. The number of rotatable bonds is 6. The molecule has 6 nitrogen and oxygen atoms in total. The minimum atomic E-state index is -0.340. The zero-order valence-corrected chi connectivity index (χ0v) is 15.7. The lowest BCUT2D eigenvalue weighted by Gasteiger charge is -2.32. The number of hydrogen-bond donors (Lipinski definition) is 0. The lowest BCUT2D eigenvalue weighted by atomic mass is 9.97. The molecule has 0 aromatic heterocycles. The Morgan fingerprint density at radius 3 is 2.44 bits per heavy atom. The van der Waals surface area contributed by atoms with Crippen molar-refractivity contribution in [3.8, 4) is 0 Å². The minimum absolute atomic E-state index is 0.0311. The summed E-state index contributed by atoms with van der Waals surface area (Å²) in [6.07, 6.45) is 4.08. The van der Waals surface area contributed by atoms with Crippen molar-refractivity contribution >= 4 is 23.9 Å². The smallest absolute Gasteiger partial charge is 0.309 e. The van der Waals surface area contributed by atoms with Gasteiger partial charge in [0.05, 0.1) is 19.1 Å². The van der Waals surface area contributed by atoms with Crippen LogP contribution in [0, 0.1) is 11.7 Å². The van der Waals surface area contributed by atoms with Gasteiger partial charge >= 0.3 is 5.97 Å². The van der Waals surface area contributed by atoms with Gasteiger partial charge in [0.1, 0.15) is 5.82 Å². The molecule has 1 aromatic carbocycles. The molecule has 2 rings (SSSR count). The minimum Gasteiger partial charge on any atom is -0.466 e. The lowest BCUT2D eigenvalue weighted by Crippen LogP contribution is -2.45. The SMILES string of the molecule is CCOC(=O)C1CCN(C(=O)CN(C)C(=O)C=Cc2ccc(F)cc2)CC1. The Labute approximate surface area is 158 Å². The van der Waals surface area contributed by atoms with Gasteiger partial charge in [-0.3, -0.25) is 14.4 Å². The standard InChI is InChI=1S/C20H25FN2O4/c1-3-27-20(26)16-10-12-23(13-11-16)19(25)14-22(2)18(24)9-6-15-4-7-17(21)8-5-15/h4-9,16H,3,10-14H2,1-2H3. The molecule has 27 heavy (non-hydrogen) atoms. The van der Waals surface area contributed by atoms with Gasteiger partial charge in [-0.2, -0.15) is 0 Å². The van der Waals surface area contributed by atoms with E-state index in [1.165, 1.54) is 23.1 Å². The van der Waals surface area contributed by atoms with E-state index in [9.17, 15) is 18.8 Å². The Morgan fingerprint density at radius 1 is 1.22 bits per heavy atom. The first-order valence-electron chi connectivity index (χ1n) is 9.04. The molecule has 0 radical (unpaired) electrons. The molecule has 0 atom stereocenters. The average Bonchev–Trinajstić information content (AvgIpc) is 2.67. The van der Waals surface area contributed by atoms with Crippen molar-refractivity contribution in [2.75, 3.05) is 33.3 Å². The van der Waals surface area contributed by atoms with Crippen molar-refractivity contribution in [1.29, 1.82) is 0 Å². The molecule has 1 aliphatic heterocycles. The summed E-state index contributed by atoms with van der Waals surface area (Å²) in [5.41, 5.74) is 0.700. The van der Waals surface area contributed by atoms with Gasteiger partial charge in [0.25, 0.3) is 0 Å². The molecule has 146 valence electrons. The van der Waals surface area contributed by atoms with Crippen molar-refractivity contribution in [1.82, 2.24) is 9.80 Å². The van der Waals surface area contributed by atoms with E-state index in [-0.39, 0.29) is 36.1 Å². The molecule has 1 saturated heterocycles. The maximum Gasteiger partial charge on any atom is 0.309 e. The summed E-state index contributed by atoms with van der Waals surface area (Å²) in [4.78, 5) is 39.3. The number of amides is 2. The molecular formula is C20H25FN2O4. The van der Waals surface area contributed by atoms with Crippen LogP contribution in [0.4, 0.5) is 4.39 Å². The van der Waals surface area contributed by atoms with E-state index in [2.05, 4.69) is 0 Å². The molecule has 1 fully saturated rings. The van der Waals surface area contributed by atoms with Crippen LogP contribution >= 0.6 is 0 Å². The van der Waals surface area contributed by atoms with Crippen LogP contribution in [-0.4, -0.2) is 60.9 Å². The van der Waals surface area contributed by atoms with Gasteiger partial charge in [-0.1, -0.05) is 12.1 Å². The van der Waals surface area contributed by atoms with Crippen LogP contribution < -0.4 is 0 Å². The Bertz CT molecular complexity index is 694. The second-order valence-electron chi connectivity index (χ2n) is 6.49. The van der Waals surface area contributed by atoms with E-state index in [1.54, 1.807) is 37.1 Å². The Hall–Kier alpha value is -2.70. The number of hydrogen-bond acceptors (Lipinski definition) is 4. The third-order valence-corrected chi connectivity index (χ3v) is 4.50. The molecule has 0 aliphatic carbocycles. The van der Waals surface area contributed by atoms with Gasteiger partial charge in [-0.05, 0) is 43.5 Å². The maximum absolute atomic E-state index is 12.9. The number of piperidine rings is 1. The van der Waals surface area contributed by atoms with Gasteiger partial charge in [0.15, 0.2) is 0 Å². The predicted octanol–water partition coefficient (Wildman–Crippen LogP) is 2.10. The van der Waals surface area contributed by atoms with Crippen LogP contribution in [0.15, 0.2) is 30.3 Å². The molecule has 0 bridgehead atoms. The third-order valence-electron chi connectivity index (χ3n) is 4.50. The second kappa shape index (κ2) is 9.85. The van der Waals surface area contributed by atoms with Crippen molar-refractivity contribution in [2.24, 2.45) is 5.92 Å². The summed E-state index contributed by atoms with van der Waals surface area (Å²) in [6.45, 7) is 3.06. The maximum atomic E-state index is 12.9. The molecule has 0 spiro atoms. The number of carbonyl (C=O) groups excluding carboxylic acids is 3. The fraction of sp³-hybridized carbons (Fsp3) is 0.450. The van der Waals surface area contributed by atoms with E-state index in [1.807, 2.05) is 0 Å². The highest BCUT2D eigenvalue weighted by molar-refractivity contribution is 5.94. The van der Waals surface area contributed by atoms with Gasteiger partial charge in [0, 0.05) is 26.2 Å². The first-order valence-corrected chi connectivity index (χ1v) is 9.04. The van der Waals surface area contributed by atoms with E-state index >= 15 is 0 Å². The van der Waals surface area contributed by atoms with Gasteiger partial charge in [0.2, 0.25) is 11.8 Å². The second-order valence-corrected chi connectivity index (χ2v) is 6.49. The largest absolute Gasteiger partial charge is 0.466 e. The van der Waals surface area contributed by atoms with E-state index < -0.39 is 0 Å². The quantitative estimate of drug-likeness (QED) is 0.563. The van der Waals surface area contributed by atoms with E-state index in [4.69, 9.17) is 4.74 Å². The van der Waals surface area contributed by atoms with E-state index in [0.29, 0.717) is 38.1 Å². The van der Waals surface area contributed by atoms with Crippen molar-refractivity contribution in [2.45, 2.75) is 19.8 Å². The number of halogens is 1. The molecule has 1 aliphatic rings. The van der Waals surface area contributed by atoms with Crippen molar-refractivity contribution in [3.63, 3.8) is 0 Å². The van der Waals surface area contributed by atoms with Gasteiger partial charge in [-0.15, -0.1) is 0 Å². The molecule has 0 unspecified atom stereocenters. The zero-order chi connectivity index (χ0) is 19.8. The van der Waals surface area contributed by atoms with Gasteiger partial charge < -0.3 is 14.5 Å². The average molecular weight is 376 g/mol. The summed E-state index contributed by atoms with van der Waals surface area (Å²) in [6, 6.07) is 5.77. The number of likely N-dealkylation sites (N-methyl/N-ethyl adjacent to an activating group) is 1. The normalized spacial score (nSPS) is 15.0. The van der Waals surface area contributed by atoms with E-state index in [0.717, 1.165) is 0 Å². The zero-order valence-electron chi connectivity index (χ0n) is 15.7. The number of carbonyl (C=O) groups is 3. The summed E-state index contributed by atoms with van der Waals surface area (Å²) in [7, 11) is 1.56. The molecule has 2 amide bonds. The molecule has 1 aromatic rings. The van der Waals surface area contributed by atoms with Crippen molar-refractivity contribution in [3.05, 3.63) is 41.7 Å². The number of nitrogens with zero attached hydrogens (tertiary/aromatic N) is 2.